The summed E-state index contributed by atoms with van der Waals surface area (Å²) in [5, 5.41) is 0. The van der Waals surface area contributed by atoms with E-state index in [-0.39, 0.29) is 0 Å². The summed E-state index contributed by atoms with van der Waals surface area (Å²) >= 11 is -1.22. The van der Waals surface area contributed by atoms with Crippen LogP contribution in [0.4, 0.5) is 0 Å². The van der Waals surface area contributed by atoms with Crippen LogP contribution in [0.1, 0.15) is 12.8 Å². The SMILES string of the molecule is C[S+](C)[O-].C[S+](C)[O-].O=S1(=O)CCCC1. The molecule has 94 valence electrons. The standard InChI is InChI=1S/C4H8O2S.2C2H6OS/c5-7(6)3-1-2-4-7;2*1-4(2)3/h1-4H2;2*1-2H3. The zero-order chi connectivity index (χ0) is 12.5. The number of hydrogen-bond acceptors (Lipinski definition) is 4. The molecule has 4 nitrogen and oxygen atoms in total. The average molecular weight is 276 g/mol. The third kappa shape index (κ3) is 25.1. The fourth-order valence-corrected chi connectivity index (χ4v) is 2.24. The summed E-state index contributed by atoms with van der Waals surface area (Å²) < 4.78 is 40.0. The summed E-state index contributed by atoms with van der Waals surface area (Å²) in [4.78, 5) is 0. The lowest BCUT2D eigenvalue weighted by atomic mass is 10.4. The maximum Gasteiger partial charge on any atom is 0.150 e. The van der Waals surface area contributed by atoms with E-state index in [9.17, 15) is 17.5 Å². The molecule has 0 unspecified atom stereocenters. The zero-order valence-corrected chi connectivity index (χ0v) is 12.1. The molecule has 1 heterocycles. The predicted molar refractivity (Wildman–Crippen MR) is 67.9 cm³/mol. The van der Waals surface area contributed by atoms with Crippen molar-refractivity contribution in [3.8, 4) is 0 Å². The lowest BCUT2D eigenvalue weighted by Gasteiger charge is -1.87. The molecular formula is C8H20O4S3. The summed E-state index contributed by atoms with van der Waals surface area (Å²) in [5.74, 6) is 0.847. The van der Waals surface area contributed by atoms with Gasteiger partial charge in [0.15, 0.2) is 0 Å². The van der Waals surface area contributed by atoms with Crippen molar-refractivity contribution in [2.45, 2.75) is 12.8 Å². The summed E-state index contributed by atoms with van der Waals surface area (Å²) in [6.45, 7) is 0. The topological polar surface area (TPSA) is 80.3 Å². The number of rotatable bonds is 0. The summed E-state index contributed by atoms with van der Waals surface area (Å²) in [7, 11) is -2.55. The molecule has 1 aliphatic heterocycles. The Morgan fingerprint density at radius 1 is 0.867 bits per heavy atom. The van der Waals surface area contributed by atoms with Crippen molar-refractivity contribution in [1.29, 1.82) is 0 Å². The van der Waals surface area contributed by atoms with E-state index in [2.05, 4.69) is 0 Å². The second-order valence-corrected chi connectivity index (χ2v) is 8.61. The molecule has 0 atom stereocenters. The van der Waals surface area contributed by atoms with Crippen LogP contribution >= 0.6 is 0 Å². The van der Waals surface area contributed by atoms with E-state index in [1.54, 1.807) is 25.0 Å². The first kappa shape index (κ1) is 17.9. The van der Waals surface area contributed by atoms with Gasteiger partial charge in [0.05, 0.1) is 36.5 Å². The summed E-state index contributed by atoms with van der Waals surface area (Å²) in [5.41, 5.74) is 0. The van der Waals surface area contributed by atoms with Gasteiger partial charge in [0.2, 0.25) is 0 Å². The molecular weight excluding hydrogens is 256 g/mol. The van der Waals surface area contributed by atoms with Crippen LogP contribution in [0, 0.1) is 0 Å². The molecule has 1 rings (SSSR count). The largest absolute Gasteiger partial charge is 0.617 e. The van der Waals surface area contributed by atoms with Crippen molar-refractivity contribution in [3.63, 3.8) is 0 Å². The van der Waals surface area contributed by atoms with Gasteiger partial charge >= 0.3 is 0 Å². The van der Waals surface area contributed by atoms with Gasteiger partial charge in [-0.3, -0.25) is 0 Å². The monoisotopic (exact) mass is 276 g/mol. The Morgan fingerprint density at radius 3 is 1.13 bits per heavy atom. The third-order valence-electron chi connectivity index (χ3n) is 1.16. The minimum Gasteiger partial charge on any atom is -0.617 e. The molecule has 0 aromatic rings. The van der Waals surface area contributed by atoms with Gasteiger partial charge in [-0.1, -0.05) is 22.4 Å². The summed E-state index contributed by atoms with van der Waals surface area (Å²) in [6.07, 6.45) is 8.31. The maximum absolute atomic E-state index is 10.4. The van der Waals surface area contributed by atoms with Crippen LogP contribution in [0.25, 0.3) is 0 Å². The second-order valence-electron chi connectivity index (χ2n) is 3.34. The third-order valence-corrected chi connectivity index (χ3v) is 2.98. The molecule has 0 aliphatic carbocycles. The van der Waals surface area contributed by atoms with Crippen LogP contribution in [-0.2, 0) is 32.2 Å². The van der Waals surface area contributed by atoms with E-state index >= 15 is 0 Å². The molecule has 0 bridgehead atoms. The van der Waals surface area contributed by atoms with E-state index in [1.807, 2.05) is 0 Å². The lowest BCUT2D eigenvalue weighted by Crippen LogP contribution is -1.98. The van der Waals surface area contributed by atoms with E-state index in [1.165, 1.54) is 0 Å². The molecule has 0 saturated carbocycles. The highest BCUT2D eigenvalue weighted by atomic mass is 32.2. The normalized spacial score (nSPS) is 17.9. The molecule has 7 heteroatoms. The van der Waals surface area contributed by atoms with Gasteiger partial charge in [-0.05, 0) is 12.8 Å². The zero-order valence-electron chi connectivity index (χ0n) is 9.69. The highest BCUT2D eigenvalue weighted by molar-refractivity contribution is 7.91. The van der Waals surface area contributed by atoms with Gasteiger partial charge in [0, 0.05) is 0 Å². The molecule has 0 N–H and O–H groups in total. The molecule has 0 radical (unpaired) electrons. The first-order valence-electron chi connectivity index (χ1n) is 4.38. The maximum atomic E-state index is 10.4. The second kappa shape index (κ2) is 9.77. The highest BCUT2D eigenvalue weighted by Crippen LogP contribution is 2.08. The van der Waals surface area contributed by atoms with E-state index < -0.39 is 32.2 Å². The van der Waals surface area contributed by atoms with Gasteiger partial charge in [-0.2, -0.15) is 0 Å². The Morgan fingerprint density at radius 2 is 1.07 bits per heavy atom. The Hall–Kier alpha value is 0.570. The van der Waals surface area contributed by atoms with Gasteiger partial charge < -0.3 is 9.11 Å². The molecule has 1 saturated heterocycles. The van der Waals surface area contributed by atoms with Crippen LogP contribution in [0.15, 0.2) is 0 Å². The molecule has 1 aliphatic rings. The smallest absolute Gasteiger partial charge is 0.150 e. The fraction of sp³-hybridized carbons (Fsp3) is 1.00. The van der Waals surface area contributed by atoms with E-state index in [4.69, 9.17) is 0 Å². The first-order valence-corrected chi connectivity index (χ1v) is 10.1. The molecule has 0 spiro atoms. The van der Waals surface area contributed by atoms with Crippen molar-refractivity contribution in [2.24, 2.45) is 0 Å². The Balaban J connectivity index is 0. The van der Waals surface area contributed by atoms with Crippen LogP contribution in [-0.4, -0.2) is 54.1 Å². The van der Waals surface area contributed by atoms with Gasteiger partial charge in [-0.25, -0.2) is 8.42 Å². The van der Waals surface area contributed by atoms with Crippen LogP contribution in [0.5, 0.6) is 0 Å². The van der Waals surface area contributed by atoms with Crippen LogP contribution in [0.3, 0.4) is 0 Å². The lowest BCUT2D eigenvalue weighted by molar-refractivity contribution is 0.601. The van der Waals surface area contributed by atoms with Crippen molar-refractivity contribution >= 4 is 32.2 Å². The van der Waals surface area contributed by atoms with Crippen molar-refractivity contribution < 1.29 is 17.5 Å². The molecule has 0 amide bonds. The van der Waals surface area contributed by atoms with Gasteiger partial charge in [-0.15, -0.1) is 0 Å². The molecule has 0 aromatic carbocycles. The van der Waals surface area contributed by atoms with Gasteiger partial charge in [0.25, 0.3) is 0 Å². The molecule has 1 fully saturated rings. The summed E-state index contributed by atoms with van der Waals surface area (Å²) in [6, 6.07) is 0. The Labute approximate surface area is 99.1 Å². The minimum atomic E-state index is -2.55. The quantitative estimate of drug-likeness (QED) is 0.591. The van der Waals surface area contributed by atoms with E-state index in [0.717, 1.165) is 12.8 Å². The van der Waals surface area contributed by atoms with Crippen molar-refractivity contribution in [3.05, 3.63) is 0 Å². The Kier molecular flexibility index (Phi) is 11.7. The number of sulfone groups is 1. The highest BCUT2D eigenvalue weighted by Gasteiger charge is 2.16. The fourth-order valence-electron chi connectivity index (χ4n) is 0.746. The van der Waals surface area contributed by atoms with Crippen molar-refractivity contribution in [2.75, 3.05) is 36.5 Å². The average Bonchev–Trinajstić information content (AvgIpc) is 2.31. The van der Waals surface area contributed by atoms with Crippen molar-refractivity contribution in [1.82, 2.24) is 0 Å². The minimum absolute atomic E-state index is 0.424. The molecule has 15 heavy (non-hydrogen) atoms. The van der Waals surface area contributed by atoms with E-state index in [0.29, 0.717) is 11.5 Å². The molecule has 0 aromatic heterocycles. The Bertz CT molecular complexity index is 201. The van der Waals surface area contributed by atoms with Crippen LogP contribution < -0.4 is 0 Å². The number of hydrogen-bond donors (Lipinski definition) is 0. The predicted octanol–water partition coefficient (Wildman–Crippen LogP) is 0.184. The van der Waals surface area contributed by atoms with Crippen LogP contribution in [0.2, 0.25) is 0 Å². The first-order chi connectivity index (χ1) is 6.67. The van der Waals surface area contributed by atoms with Gasteiger partial charge in [0.1, 0.15) is 9.84 Å².